The standard InChI is InChI=1S/C36H32N2O13/c1-20-2-8-26(37(16-32(41)42)17-33(43)44)30(12-20)49-10-11-50-31-13-21(3-9-27(31)38(18-34(45)46)19-35(47)48)36-24-6-4-22(39)14-28(24)51-29-15-23(40)5-7-25(29)36/h2-9,12-15,39H,10-11,16-19H2,1H3,(H,41,42)(H,43,44)(H,45,46)(H,47,48). The van der Waals surface area contributed by atoms with E-state index in [1.807, 2.05) is 0 Å². The third-order valence-electron chi connectivity index (χ3n) is 7.62. The molecule has 2 aliphatic rings. The largest absolute Gasteiger partial charge is 0.508 e. The highest BCUT2D eigenvalue weighted by molar-refractivity contribution is 6.02. The highest BCUT2D eigenvalue weighted by atomic mass is 16.5. The second-order valence-electron chi connectivity index (χ2n) is 11.5. The van der Waals surface area contributed by atoms with E-state index in [0.717, 1.165) is 15.4 Å². The first-order valence-corrected chi connectivity index (χ1v) is 15.4. The molecule has 0 unspecified atom stereocenters. The van der Waals surface area contributed by atoms with Crippen LogP contribution < -0.4 is 24.7 Å². The maximum atomic E-state index is 12.2. The number of anilines is 2. The Bertz CT molecular complexity index is 2130. The van der Waals surface area contributed by atoms with Crippen molar-refractivity contribution in [1.82, 2.24) is 0 Å². The predicted molar refractivity (Wildman–Crippen MR) is 183 cm³/mol. The Balaban J connectivity index is 1.54. The highest BCUT2D eigenvalue weighted by Gasteiger charge is 2.23. The van der Waals surface area contributed by atoms with Crippen LogP contribution in [0.25, 0.3) is 33.4 Å². The molecule has 51 heavy (non-hydrogen) atoms. The summed E-state index contributed by atoms with van der Waals surface area (Å²) in [6.07, 6.45) is 0. The quantitative estimate of drug-likeness (QED) is 0.0725. The number of phenols is 1. The first kappa shape index (κ1) is 35.5. The van der Waals surface area contributed by atoms with Gasteiger partial charge in [0.15, 0.2) is 5.43 Å². The minimum Gasteiger partial charge on any atom is -0.508 e. The average molecular weight is 701 g/mol. The van der Waals surface area contributed by atoms with Crippen molar-refractivity contribution in [3.05, 3.63) is 88.6 Å². The van der Waals surface area contributed by atoms with Crippen LogP contribution in [-0.2, 0) is 19.2 Å². The molecule has 0 radical (unpaired) electrons. The predicted octanol–water partition coefficient (Wildman–Crippen LogP) is 3.99. The monoisotopic (exact) mass is 700 g/mol. The summed E-state index contributed by atoms with van der Waals surface area (Å²) in [5.74, 6) is -4.62. The molecule has 5 rings (SSSR count). The molecule has 15 heteroatoms. The van der Waals surface area contributed by atoms with Gasteiger partial charge in [-0.25, -0.2) is 0 Å². The number of hydrogen-bond acceptors (Lipinski definition) is 11. The van der Waals surface area contributed by atoms with E-state index in [9.17, 15) is 49.5 Å². The number of aliphatic carboxylic acids is 4. The molecule has 3 aromatic rings. The number of hydrogen-bond donors (Lipinski definition) is 5. The summed E-state index contributed by atoms with van der Waals surface area (Å²) in [5.41, 5.74) is 2.74. The van der Waals surface area contributed by atoms with Gasteiger partial charge in [0.2, 0.25) is 0 Å². The summed E-state index contributed by atoms with van der Waals surface area (Å²) in [7, 11) is 0. The van der Waals surface area contributed by atoms with E-state index in [4.69, 9.17) is 13.9 Å². The van der Waals surface area contributed by atoms with Gasteiger partial charge < -0.3 is 49.2 Å². The van der Waals surface area contributed by atoms with Gasteiger partial charge in [-0.3, -0.25) is 24.0 Å². The van der Waals surface area contributed by atoms with Gasteiger partial charge >= 0.3 is 23.9 Å². The number of carbonyl (C=O) groups is 4. The molecule has 0 atom stereocenters. The fourth-order valence-electron chi connectivity index (χ4n) is 5.62. The van der Waals surface area contributed by atoms with Crippen LogP contribution in [-0.4, -0.2) is 88.8 Å². The molecule has 15 nitrogen and oxygen atoms in total. The molecule has 3 aromatic carbocycles. The van der Waals surface area contributed by atoms with E-state index < -0.39 is 50.1 Å². The van der Waals surface area contributed by atoms with Crippen molar-refractivity contribution >= 4 is 46.2 Å². The molecule has 1 heterocycles. The summed E-state index contributed by atoms with van der Waals surface area (Å²) in [4.78, 5) is 60.9. The van der Waals surface area contributed by atoms with Gasteiger partial charge in [0.25, 0.3) is 0 Å². The molecule has 0 aromatic heterocycles. The Morgan fingerprint density at radius 2 is 1.22 bits per heavy atom. The normalized spacial score (nSPS) is 10.9. The number of phenolic OH excluding ortho intramolecular Hbond substituents is 1. The highest BCUT2D eigenvalue weighted by Crippen LogP contribution is 2.43. The lowest BCUT2D eigenvalue weighted by atomic mass is 9.93. The second kappa shape index (κ2) is 15.2. The SMILES string of the molecule is Cc1ccc(N(CC(=O)O)CC(=O)O)c(OCCOc2cc(-c3c4ccc(=O)cc-4oc4cc(O)ccc34)ccc2N(CC(=O)O)CC(=O)O)c1. The lowest BCUT2D eigenvalue weighted by Crippen LogP contribution is -2.35. The van der Waals surface area contributed by atoms with Gasteiger partial charge in [-0.2, -0.15) is 0 Å². The zero-order valence-electron chi connectivity index (χ0n) is 27.1. The lowest BCUT2D eigenvalue weighted by molar-refractivity contribution is -0.138. The van der Waals surface area contributed by atoms with Crippen LogP contribution in [0.15, 0.2) is 82.0 Å². The lowest BCUT2D eigenvalue weighted by Gasteiger charge is -2.25. The summed E-state index contributed by atoms with van der Waals surface area (Å²) < 4.78 is 18.0. The van der Waals surface area contributed by atoms with Crippen molar-refractivity contribution < 1.29 is 58.6 Å². The number of carboxylic acids is 4. The molecule has 264 valence electrons. The number of aromatic hydroxyl groups is 1. The van der Waals surface area contributed by atoms with Crippen LogP contribution >= 0.6 is 0 Å². The molecule has 0 spiro atoms. The van der Waals surface area contributed by atoms with Crippen LogP contribution in [0, 0.1) is 6.92 Å². The molecular weight excluding hydrogens is 668 g/mol. The molecule has 0 saturated carbocycles. The third-order valence-corrected chi connectivity index (χ3v) is 7.62. The Hall–Kier alpha value is -6.77. The number of carboxylic acid groups (broad SMARTS) is 4. The first-order valence-electron chi connectivity index (χ1n) is 15.4. The Labute approximate surface area is 289 Å². The summed E-state index contributed by atoms with van der Waals surface area (Å²) in [5, 5.41) is 48.6. The zero-order valence-corrected chi connectivity index (χ0v) is 27.1. The van der Waals surface area contributed by atoms with Crippen molar-refractivity contribution in [2.75, 3.05) is 49.2 Å². The number of benzene rings is 4. The van der Waals surface area contributed by atoms with Crippen LogP contribution in [0.3, 0.4) is 0 Å². The van der Waals surface area contributed by atoms with Crippen molar-refractivity contribution in [3.63, 3.8) is 0 Å². The molecule has 1 aliphatic carbocycles. The van der Waals surface area contributed by atoms with Gasteiger partial charge in [-0.05, 0) is 66.6 Å². The zero-order chi connectivity index (χ0) is 36.8. The van der Waals surface area contributed by atoms with Crippen molar-refractivity contribution in [3.8, 4) is 39.7 Å². The summed E-state index contributed by atoms with van der Waals surface area (Å²) in [6, 6.07) is 18.3. The minimum absolute atomic E-state index is 0.0713. The van der Waals surface area contributed by atoms with Gasteiger partial charge in [0.05, 0.1) is 11.4 Å². The fraction of sp³-hybridized carbons (Fsp3) is 0.194. The van der Waals surface area contributed by atoms with Gasteiger partial charge in [-0.1, -0.05) is 12.1 Å². The topological polar surface area (TPSA) is 225 Å². The number of ether oxygens (including phenoxy) is 2. The third kappa shape index (κ3) is 8.64. The van der Waals surface area contributed by atoms with Crippen LogP contribution in [0.1, 0.15) is 5.56 Å². The van der Waals surface area contributed by atoms with Crippen molar-refractivity contribution in [1.29, 1.82) is 0 Å². The average Bonchev–Trinajstić information content (AvgIpc) is 3.04. The summed E-state index contributed by atoms with van der Waals surface area (Å²) >= 11 is 0. The van der Waals surface area contributed by atoms with E-state index in [2.05, 4.69) is 0 Å². The van der Waals surface area contributed by atoms with E-state index in [-0.39, 0.29) is 58.6 Å². The number of fused-ring (bicyclic) bond motifs is 2. The Morgan fingerprint density at radius 1 is 0.667 bits per heavy atom. The van der Waals surface area contributed by atoms with Gasteiger partial charge in [-0.15, -0.1) is 0 Å². The van der Waals surface area contributed by atoms with E-state index in [0.29, 0.717) is 22.1 Å². The van der Waals surface area contributed by atoms with Gasteiger partial charge in [0.1, 0.15) is 68.0 Å². The summed E-state index contributed by atoms with van der Waals surface area (Å²) in [6.45, 7) is -1.10. The van der Waals surface area contributed by atoms with E-state index in [1.165, 1.54) is 30.3 Å². The van der Waals surface area contributed by atoms with Crippen molar-refractivity contribution in [2.45, 2.75) is 6.92 Å². The number of nitrogens with zero attached hydrogens (tertiary/aromatic N) is 2. The van der Waals surface area contributed by atoms with Crippen LogP contribution in [0.2, 0.25) is 0 Å². The molecule has 0 bridgehead atoms. The molecular formula is C36H32N2O13. The number of rotatable bonds is 16. The van der Waals surface area contributed by atoms with E-state index in [1.54, 1.807) is 49.4 Å². The smallest absolute Gasteiger partial charge is 0.323 e. The minimum atomic E-state index is -1.29. The van der Waals surface area contributed by atoms with Crippen molar-refractivity contribution in [2.24, 2.45) is 0 Å². The molecule has 0 amide bonds. The van der Waals surface area contributed by atoms with Gasteiger partial charge in [0, 0.05) is 28.6 Å². The number of aryl methyl sites for hydroxylation is 1. The maximum Gasteiger partial charge on any atom is 0.323 e. The first-order chi connectivity index (χ1) is 24.3. The Kier molecular flexibility index (Phi) is 10.6. The van der Waals surface area contributed by atoms with Crippen LogP contribution in [0.5, 0.6) is 17.2 Å². The second-order valence-corrected chi connectivity index (χ2v) is 11.5. The molecule has 1 aliphatic heterocycles. The Morgan fingerprint density at radius 3 is 1.78 bits per heavy atom. The molecule has 0 saturated heterocycles. The maximum absolute atomic E-state index is 12.2. The fourth-order valence-corrected chi connectivity index (χ4v) is 5.62. The van der Waals surface area contributed by atoms with E-state index >= 15 is 0 Å². The van der Waals surface area contributed by atoms with Crippen LogP contribution in [0.4, 0.5) is 11.4 Å². The molecule has 0 fully saturated rings. The molecule has 5 N–H and O–H groups in total.